The van der Waals surface area contributed by atoms with E-state index >= 15 is 0 Å². The number of amides is 1. The predicted molar refractivity (Wildman–Crippen MR) is 232 cm³/mol. The molecule has 10 heteroatoms. The number of aliphatic hydroxyl groups excluding tert-OH is 6. The summed E-state index contributed by atoms with van der Waals surface area (Å²) in [5, 5.41) is 64.6. The third-order valence-corrected chi connectivity index (χ3v) is 11.7. The standard InChI is InChI=1S/C47H91NO9/c1-3-5-7-9-11-13-15-17-18-19-20-21-22-23-24-26-28-30-32-34-36-41(51)46(55)48-39(38-56-47-45(54)44(53)43(52)42(37-49)57-47)40(50)35-33-31-29-27-25-16-14-12-10-8-6-4-2/h33,35,39-45,47,49-54H,3-32,34,36-38H2,1-2H3,(H,48,55). The number of aliphatic hydroxyl groups is 6. The fourth-order valence-electron chi connectivity index (χ4n) is 7.75. The molecule has 8 unspecified atom stereocenters. The molecule has 0 spiro atoms. The van der Waals surface area contributed by atoms with Crippen LogP contribution in [0.3, 0.4) is 0 Å². The molecule has 1 heterocycles. The normalized spacial score (nSPS) is 21.6. The summed E-state index contributed by atoms with van der Waals surface area (Å²) in [5.74, 6) is -0.614. The van der Waals surface area contributed by atoms with Gasteiger partial charge in [0.25, 0.3) is 0 Å². The molecule has 57 heavy (non-hydrogen) atoms. The SMILES string of the molecule is CCCCCCCCCCCCC=CC(O)C(COC1OC(CO)C(O)C(O)C1O)NC(=O)C(O)CCCCCCCCCCCCCCCCCCCCCC. The monoisotopic (exact) mass is 814 g/mol. The summed E-state index contributed by atoms with van der Waals surface area (Å²) in [6, 6.07) is -0.974. The van der Waals surface area contributed by atoms with Gasteiger partial charge in [0.15, 0.2) is 6.29 Å². The van der Waals surface area contributed by atoms with E-state index in [1.165, 1.54) is 154 Å². The van der Waals surface area contributed by atoms with Gasteiger partial charge in [-0.25, -0.2) is 0 Å². The molecule has 8 atom stereocenters. The molecular weight excluding hydrogens is 723 g/mol. The van der Waals surface area contributed by atoms with Crippen molar-refractivity contribution in [2.75, 3.05) is 13.2 Å². The van der Waals surface area contributed by atoms with Crippen LogP contribution < -0.4 is 5.32 Å². The number of ether oxygens (including phenoxy) is 2. The second-order valence-electron chi connectivity index (χ2n) is 17.1. The number of unbranched alkanes of at least 4 members (excludes halogenated alkanes) is 29. The maximum atomic E-state index is 13.0. The zero-order valence-electron chi connectivity index (χ0n) is 36.7. The van der Waals surface area contributed by atoms with E-state index in [-0.39, 0.29) is 6.61 Å². The third-order valence-electron chi connectivity index (χ3n) is 11.7. The first-order chi connectivity index (χ1) is 27.8. The highest BCUT2D eigenvalue weighted by Crippen LogP contribution is 2.23. The molecule has 0 saturated carbocycles. The van der Waals surface area contributed by atoms with Gasteiger partial charge in [-0.15, -0.1) is 0 Å². The van der Waals surface area contributed by atoms with Crippen LogP contribution in [0.25, 0.3) is 0 Å². The van der Waals surface area contributed by atoms with Gasteiger partial charge in [0.05, 0.1) is 25.4 Å². The summed E-state index contributed by atoms with van der Waals surface area (Å²) in [6.07, 6.45) is 33.0. The lowest BCUT2D eigenvalue weighted by Crippen LogP contribution is -2.60. The molecule has 1 fully saturated rings. The topological polar surface area (TPSA) is 169 Å². The van der Waals surface area contributed by atoms with E-state index in [4.69, 9.17) is 9.47 Å². The summed E-state index contributed by atoms with van der Waals surface area (Å²) in [7, 11) is 0. The first-order valence-corrected chi connectivity index (χ1v) is 24.0. The van der Waals surface area contributed by atoms with Crippen molar-refractivity contribution in [3.8, 4) is 0 Å². The molecule has 0 aromatic rings. The largest absolute Gasteiger partial charge is 0.394 e. The van der Waals surface area contributed by atoms with Gasteiger partial charge in [-0.2, -0.15) is 0 Å². The molecule has 0 aliphatic carbocycles. The summed E-state index contributed by atoms with van der Waals surface area (Å²) < 4.78 is 11.1. The number of carbonyl (C=O) groups excluding carboxylic acids is 1. The maximum Gasteiger partial charge on any atom is 0.249 e. The van der Waals surface area contributed by atoms with Crippen molar-refractivity contribution in [1.29, 1.82) is 0 Å². The first kappa shape index (κ1) is 53.9. The fraction of sp³-hybridized carbons (Fsp3) is 0.936. The van der Waals surface area contributed by atoms with E-state index in [1.54, 1.807) is 6.08 Å². The van der Waals surface area contributed by atoms with Gasteiger partial charge in [0.2, 0.25) is 5.91 Å². The molecular formula is C47H91NO9. The second-order valence-corrected chi connectivity index (χ2v) is 17.1. The molecule has 7 N–H and O–H groups in total. The Morgan fingerprint density at radius 2 is 1.00 bits per heavy atom. The number of nitrogens with one attached hydrogen (secondary N) is 1. The number of carbonyl (C=O) groups is 1. The molecule has 1 amide bonds. The zero-order chi connectivity index (χ0) is 41.8. The molecule has 10 nitrogen and oxygen atoms in total. The Kier molecular flexibility index (Phi) is 35.8. The van der Waals surface area contributed by atoms with Crippen LogP contribution in [0.5, 0.6) is 0 Å². The van der Waals surface area contributed by atoms with Crippen molar-refractivity contribution in [1.82, 2.24) is 5.32 Å². The molecule has 1 saturated heterocycles. The van der Waals surface area contributed by atoms with Crippen LogP contribution in [-0.2, 0) is 14.3 Å². The van der Waals surface area contributed by atoms with Crippen molar-refractivity contribution in [3.63, 3.8) is 0 Å². The van der Waals surface area contributed by atoms with Crippen molar-refractivity contribution in [2.45, 2.75) is 268 Å². The van der Waals surface area contributed by atoms with Crippen LogP contribution in [0.1, 0.15) is 219 Å². The Hall–Kier alpha value is -1.11. The van der Waals surface area contributed by atoms with Crippen molar-refractivity contribution < 1.29 is 44.9 Å². The number of allylic oxidation sites excluding steroid dienone is 1. The first-order valence-electron chi connectivity index (χ1n) is 24.0. The smallest absolute Gasteiger partial charge is 0.249 e. The van der Waals surface area contributed by atoms with Gasteiger partial charge in [-0.05, 0) is 19.3 Å². The van der Waals surface area contributed by atoms with Crippen LogP contribution in [0.15, 0.2) is 12.2 Å². The second kappa shape index (κ2) is 37.9. The molecule has 1 aliphatic heterocycles. The molecule has 1 rings (SSSR count). The van der Waals surface area contributed by atoms with Crippen LogP contribution in [-0.4, -0.2) is 98.7 Å². The highest BCUT2D eigenvalue weighted by Gasteiger charge is 2.44. The van der Waals surface area contributed by atoms with E-state index in [1.807, 2.05) is 6.08 Å². The summed E-state index contributed by atoms with van der Waals surface area (Å²) in [4.78, 5) is 13.0. The molecule has 0 bridgehead atoms. The lowest BCUT2D eigenvalue weighted by Gasteiger charge is -2.40. The van der Waals surface area contributed by atoms with Gasteiger partial charge in [0.1, 0.15) is 30.5 Å². The average molecular weight is 814 g/mol. The fourth-order valence-corrected chi connectivity index (χ4v) is 7.75. The van der Waals surface area contributed by atoms with Crippen molar-refractivity contribution >= 4 is 5.91 Å². The number of rotatable bonds is 40. The minimum atomic E-state index is -1.61. The van der Waals surface area contributed by atoms with Gasteiger partial charge < -0.3 is 45.4 Å². The van der Waals surface area contributed by atoms with Crippen LogP contribution >= 0.6 is 0 Å². The molecule has 338 valence electrons. The van der Waals surface area contributed by atoms with E-state index in [9.17, 15) is 35.4 Å². The Labute approximate surface area is 349 Å². The lowest BCUT2D eigenvalue weighted by molar-refractivity contribution is -0.302. The van der Waals surface area contributed by atoms with Gasteiger partial charge in [-0.3, -0.25) is 4.79 Å². The minimum absolute atomic E-state index is 0.301. The van der Waals surface area contributed by atoms with Crippen molar-refractivity contribution in [2.24, 2.45) is 0 Å². The Morgan fingerprint density at radius 1 is 0.596 bits per heavy atom. The molecule has 0 aromatic heterocycles. The van der Waals surface area contributed by atoms with Crippen LogP contribution in [0.4, 0.5) is 0 Å². The van der Waals surface area contributed by atoms with Crippen LogP contribution in [0, 0.1) is 0 Å². The predicted octanol–water partition coefficient (Wildman–Crippen LogP) is 9.09. The maximum absolute atomic E-state index is 13.0. The third kappa shape index (κ3) is 28.1. The number of hydrogen-bond donors (Lipinski definition) is 7. The van der Waals surface area contributed by atoms with Crippen LogP contribution in [0.2, 0.25) is 0 Å². The minimum Gasteiger partial charge on any atom is -0.394 e. The van der Waals surface area contributed by atoms with Gasteiger partial charge in [-0.1, -0.05) is 212 Å². The summed E-state index contributed by atoms with van der Waals surface area (Å²) in [6.45, 7) is 3.61. The number of hydrogen-bond acceptors (Lipinski definition) is 9. The Balaban J connectivity index is 2.34. The zero-order valence-corrected chi connectivity index (χ0v) is 36.7. The van der Waals surface area contributed by atoms with E-state index in [0.29, 0.717) is 6.42 Å². The molecule has 0 radical (unpaired) electrons. The Bertz CT molecular complexity index is 921. The Morgan fingerprint density at radius 3 is 1.42 bits per heavy atom. The average Bonchev–Trinajstić information content (AvgIpc) is 3.21. The highest BCUT2D eigenvalue weighted by molar-refractivity contribution is 5.80. The molecule has 1 aliphatic rings. The van der Waals surface area contributed by atoms with E-state index in [2.05, 4.69) is 19.2 Å². The van der Waals surface area contributed by atoms with Crippen molar-refractivity contribution in [3.05, 3.63) is 12.2 Å². The summed E-state index contributed by atoms with van der Waals surface area (Å²) >= 11 is 0. The van der Waals surface area contributed by atoms with E-state index in [0.717, 1.165) is 44.9 Å². The van der Waals surface area contributed by atoms with Gasteiger partial charge >= 0.3 is 0 Å². The van der Waals surface area contributed by atoms with Gasteiger partial charge in [0, 0.05) is 0 Å². The summed E-state index contributed by atoms with van der Waals surface area (Å²) in [5.41, 5.74) is 0. The quantitative estimate of drug-likeness (QED) is 0.0236. The van der Waals surface area contributed by atoms with E-state index < -0.39 is 61.5 Å². The molecule has 0 aromatic carbocycles. The highest BCUT2D eigenvalue weighted by atomic mass is 16.7. The lowest BCUT2D eigenvalue weighted by atomic mass is 9.99.